The standard InChI is InChI=1S/C8H14N4O.ClH/c1-6(5-9)11-8(13)7-3-4-10-12(7)2;/h3-4,6H,5,9H2,1-2H3,(H,11,13);1H/t6-;/m0./s1. The van der Waals surface area contributed by atoms with Crippen LogP contribution < -0.4 is 11.1 Å². The van der Waals surface area contributed by atoms with E-state index >= 15 is 0 Å². The summed E-state index contributed by atoms with van der Waals surface area (Å²) in [6.07, 6.45) is 1.59. The van der Waals surface area contributed by atoms with Crippen molar-refractivity contribution in [3.05, 3.63) is 18.0 Å². The fourth-order valence-corrected chi connectivity index (χ4v) is 0.953. The third-order valence-electron chi connectivity index (χ3n) is 1.78. The molecule has 14 heavy (non-hydrogen) atoms. The summed E-state index contributed by atoms with van der Waals surface area (Å²) >= 11 is 0. The van der Waals surface area contributed by atoms with E-state index in [0.717, 1.165) is 0 Å². The topological polar surface area (TPSA) is 72.9 Å². The van der Waals surface area contributed by atoms with Crippen LogP contribution in [0.25, 0.3) is 0 Å². The Hall–Kier alpha value is -1.07. The molecule has 0 spiro atoms. The minimum atomic E-state index is -0.141. The van der Waals surface area contributed by atoms with Crippen molar-refractivity contribution >= 4 is 18.3 Å². The number of amides is 1. The number of nitrogens with zero attached hydrogens (tertiary/aromatic N) is 2. The van der Waals surface area contributed by atoms with Gasteiger partial charge in [0.05, 0.1) is 0 Å². The maximum Gasteiger partial charge on any atom is 0.269 e. The zero-order chi connectivity index (χ0) is 9.84. The first-order chi connectivity index (χ1) is 6.15. The maximum atomic E-state index is 11.5. The van der Waals surface area contributed by atoms with Crippen molar-refractivity contribution in [3.63, 3.8) is 0 Å². The summed E-state index contributed by atoms with van der Waals surface area (Å²) in [5, 5.41) is 6.64. The minimum absolute atomic E-state index is 0. The molecule has 1 atom stereocenters. The number of rotatable bonds is 3. The molecular weight excluding hydrogens is 204 g/mol. The summed E-state index contributed by atoms with van der Waals surface area (Å²) in [5.41, 5.74) is 5.92. The summed E-state index contributed by atoms with van der Waals surface area (Å²) in [6.45, 7) is 2.29. The number of hydrogen-bond acceptors (Lipinski definition) is 3. The van der Waals surface area contributed by atoms with Crippen LogP contribution in [-0.4, -0.2) is 28.3 Å². The third-order valence-corrected chi connectivity index (χ3v) is 1.78. The van der Waals surface area contributed by atoms with Gasteiger partial charge in [0.15, 0.2) is 0 Å². The Morgan fingerprint density at radius 2 is 2.43 bits per heavy atom. The van der Waals surface area contributed by atoms with Gasteiger partial charge in [0.2, 0.25) is 0 Å². The average molecular weight is 219 g/mol. The molecule has 0 bridgehead atoms. The summed E-state index contributed by atoms with van der Waals surface area (Å²) < 4.78 is 1.53. The van der Waals surface area contributed by atoms with Crippen LogP contribution in [0.1, 0.15) is 17.4 Å². The Morgan fingerprint density at radius 3 is 2.86 bits per heavy atom. The quantitative estimate of drug-likeness (QED) is 0.746. The van der Waals surface area contributed by atoms with Gasteiger partial charge in [-0.25, -0.2) is 0 Å². The molecule has 0 aliphatic rings. The molecule has 0 saturated heterocycles. The van der Waals surface area contributed by atoms with Crippen molar-refractivity contribution in [3.8, 4) is 0 Å². The van der Waals surface area contributed by atoms with Crippen molar-refractivity contribution in [1.29, 1.82) is 0 Å². The Balaban J connectivity index is 0.00000169. The first-order valence-corrected chi connectivity index (χ1v) is 4.14. The van der Waals surface area contributed by atoms with Crippen molar-refractivity contribution in [2.45, 2.75) is 13.0 Å². The molecule has 0 saturated carbocycles. The van der Waals surface area contributed by atoms with Gasteiger partial charge < -0.3 is 11.1 Å². The van der Waals surface area contributed by atoms with E-state index in [4.69, 9.17) is 5.73 Å². The number of carbonyl (C=O) groups is 1. The van der Waals surface area contributed by atoms with Gasteiger partial charge in [-0.3, -0.25) is 9.48 Å². The fraction of sp³-hybridized carbons (Fsp3) is 0.500. The molecule has 1 aromatic heterocycles. The van der Waals surface area contributed by atoms with Gasteiger partial charge in [0.1, 0.15) is 5.69 Å². The Morgan fingerprint density at radius 1 is 1.79 bits per heavy atom. The van der Waals surface area contributed by atoms with Crippen LogP contribution in [0.2, 0.25) is 0 Å². The molecule has 0 unspecified atom stereocenters. The SMILES string of the molecule is C[C@@H](CN)NC(=O)c1ccnn1C.Cl. The second-order valence-electron chi connectivity index (χ2n) is 2.95. The molecule has 80 valence electrons. The van der Waals surface area contributed by atoms with E-state index in [-0.39, 0.29) is 24.4 Å². The van der Waals surface area contributed by atoms with E-state index < -0.39 is 0 Å². The van der Waals surface area contributed by atoms with Gasteiger partial charge in [-0.05, 0) is 13.0 Å². The Labute approximate surface area is 89.1 Å². The molecule has 5 nitrogen and oxygen atoms in total. The van der Waals surface area contributed by atoms with E-state index in [1.54, 1.807) is 19.3 Å². The predicted molar refractivity (Wildman–Crippen MR) is 56.4 cm³/mol. The highest BCUT2D eigenvalue weighted by molar-refractivity contribution is 5.92. The van der Waals surface area contributed by atoms with E-state index in [9.17, 15) is 4.79 Å². The lowest BCUT2D eigenvalue weighted by molar-refractivity contribution is 0.0932. The summed E-state index contributed by atoms with van der Waals surface area (Å²) in [4.78, 5) is 11.5. The highest BCUT2D eigenvalue weighted by Gasteiger charge is 2.11. The maximum absolute atomic E-state index is 11.5. The van der Waals surface area contributed by atoms with Gasteiger partial charge >= 0.3 is 0 Å². The second kappa shape index (κ2) is 5.62. The predicted octanol–water partition coefficient (Wildman–Crippen LogP) is -0.0811. The van der Waals surface area contributed by atoms with Crippen LogP contribution in [0.4, 0.5) is 0 Å². The molecular formula is C8H15ClN4O. The van der Waals surface area contributed by atoms with Crippen LogP contribution in [0.5, 0.6) is 0 Å². The zero-order valence-electron chi connectivity index (χ0n) is 8.23. The van der Waals surface area contributed by atoms with Gasteiger partial charge in [0, 0.05) is 25.8 Å². The van der Waals surface area contributed by atoms with Gasteiger partial charge in [0.25, 0.3) is 5.91 Å². The Bertz CT molecular complexity index is 299. The first-order valence-electron chi connectivity index (χ1n) is 4.14. The molecule has 0 radical (unpaired) electrons. The molecule has 1 heterocycles. The van der Waals surface area contributed by atoms with Gasteiger partial charge in [-0.15, -0.1) is 12.4 Å². The molecule has 1 aromatic rings. The number of hydrogen-bond donors (Lipinski definition) is 2. The fourth-order valence-electron chi connectivity index (χ4n) is 0.953. The lowest BCUT2D eigenvalue weighted by atomic mass is 10.3. The molecule has 0 aliphatic carbocycles. The summed E-state index contributed by atoms with van der Waals surface area (Å²) in [5.74, 6) is -0.141. The number of aryl methyl sites for hydroxylation is 1. The van der Waals surface area contributed by atoms with Crippen LogP contribution in [0.3, 0.4) is 0 Å². The number of nitrogens with two attached hydrogens (primary N) is 1. The minimum Gasteiger partial charge on any atom is -0.347 e. The first kappa shape index (κ1) is 12.9. The van der Waals surface area contributed by atoms with E-state index in [1.165, 1.54) is 4.68 Å². The Kier molecular flexibility index (Phi) is 5.19. The third kappa shape index (κ3) is 3.01. The van der Waals surface area contributed by atoms with Crippen LogP contribution in [-0.2, 0) is 7.05 Å². The number of aromatic nitrogens is 2. The largest absolute Gasteiger partial charge is 0.347 e. The number of nitrogens with one attached hydrogen (secondary N) is 1. The molecule has 6 heteroatoms. The van der Waals surface area contributed by atoms with Crippen LogP contribution in [0, 0.1) is 0 Å². The number of carbonyl (C=O) groups excluding carboxylic acids is 1. The highest BCUT2D eigenvalue weighted by atomic mass is 35.5. The molecule has 3 N–H and O–H groups in total. The van der Waals surface area contributed by atoms with Crippen LogP contribution >= 0.6 is 12.4 Å². The lowest BCUT2D eigenvalue weighted by Gasteiger charge is -2.10. The van der Waals surface area contributed by atoms with Crippen LogP contribution in [0.15, 0.2) is 12.3 Å². The van der Waals surface area contributed by atoms with Gasteiger partial charge in [-0.1, -0.05) is 0 Å². The smallest absolute Gasteiger partial charge is 0.269 e. The molecule has 0 aromatic carbocycles. The van der Waals surface area contributed by atoms with Crippen molar-refractivity contribution in [2.24, 2.45) is 12.8 Å². The molecule has 1 rings (SSSR count). The average Bonchev–Trinajstić information content (AvgIpc) is 2.51. The van der Waals surface area contributed by atoms with E-state index in [0.29, 0.717) is 12.2 Å². The monoisotopic (exact) mass is 218 g/mol. The van der Waals surface area contributed by atoms with Gasteiger partial charge in [-0.2, -0.15) is 5.10 Å². The van der Waals surface area contributed by atoms with E-state index in [1.807, 2.05) is 6.92 Å². The van der Waals surface area contributed by atoms with Crippen molar-refractivity contribution in [1.82, 2.24) is 15.1 Å². The normalized spacial score (nSPS) is 11.6. The highest BCUT2D eigenvalue weighted by Crippen LogP contribution is 1.96. The van der Waals surface area contributed by atoms with E-state index in [2.05, 4.69) is 10.4 Å². The molecule has 1 amide bonds. The summed E-state index contributed by atoms with van der Waals surface area (Å²) in [6, 6.07) is 1.65. The van der Waals surface area contributed by atoms with Crippen molar-refractivity contribution in [2.75, 3.05) is 6.54 Å². The summed E-state index contributed by atoms with van der Waals surface area (Å²) in [7, 11) is 1.72. The molecule has 0 aliphatic heterocycles. The number of halogens is 1. The zero-order valence-corrected chi connectivity index (χ0v) is 9.04. The lowest BCUT2D eigenvalue weighted by Crippen LogP contribution is -2.38. The molecule has 0 fully saturated rings. The van der Waals surface area contributed by atoms with Crippen molar-refractivity contribution < 1.29 is 4.79 Å². The second-order valence-corrected chi connectivity index (χ2v) is 2.95.